The molecule has 0 spiro atoms. The van der Waals surface area contributed by atoms with Gasteiger partial charge in [-0.2, -0.15) is 4.98 Å². The van der Waals surface area contributed by atoms with Gasteiger partial charge in [0.1, 0.15) is 0 Å². The molecule has 8 heteroatoms. The standard InChI is InChI=1S/C16H14N4O3S/c1-10-18-15(20-23-10)11-4-2-5-12(8-11)19-14(21)9-17-16(22)13-6-3-7-24-13/h2-8H,9H2,1H3,(H,17,22)(H,19,21). The average Bonchev–Trinajstić information content (AvgIpc) is 3.24. The third-order valence-electron chi connectivity index (χ3n) is 3.09. The van der Waals surface area contributed by atoms with E-state index in [0.717, 1.165) is 5.56 Å². The maximum absolute atomic E-state index is 12.0. The zero-order valence-corrected chi connectivity index (χ0v) is 13.6. The second kappa shape index (κ2) is 7.05. The first-order valence-electron chi connectivity index (χ1n) is 7.14. The van der Waals surface area contributed by atoms with Crippen LogP contribution in [0, 0.1) is 6.92 Å². The number of aromatic nitrogens is 2. The van der Waals surface area contributed by atoms with Crippen LogP contribution in [0.3, 0.4) is 0 Å². The average molecular weight is 342 g/mol. The van der Waals surface area contributed by atoms with Crippen molar-refractivity contribution in [1.82, 2.24) is 15.5 Å². The second-order valence-corrected chi connectivity index (χ2v) is 5.87. The molecule has 0 aliphatic rings. The van der Waals surface area contributed by atoms with Gasteiger partial charge in [0.25, 0.3) is 5.91 Å². The Hall–Kier alpha value is -3.00. The number of nitrogens with zero attached hydrogens (tertiary/aromatic N) is 2. The number of benzene rings is 1. The maximum Gasteiger partial charge on any atom is 0.261 e. The van der Waals surface area contributed by atoms with Gasteiger partial charge in [-0.15, -0.1) is 11.3 Å². The van der Waals surface area contributed by atoms with E-state index >= 15 is 0 Å². The number of aryl methyl sites for hydroxylation is 1. The fraction of sp³-hybridized carbons (Fsp3) is 0.125. The van der Waals surface area contributed by atoms with Crippen molar-refractivity contribution in [3.05, 3.63) is 52.5 Å². The molecule has 0 fully saturated rings. The highest BCUT2D eigenvalue weighted by molar-refractivity contribution is 7.12. The van der Waals surface area contributed by atoms with E-state index in [1.54, 1.807) is 42.6 Å². The number of hydrogen-bond acceptors (Lipinski definition) is 6. The van der Waals surface area contributed by atoms with Crippen LogP contribution in [0.4, 0.5) is 5.69 Å². The summed E-state index contributed by atoms with van der Waals surface area (Å²) in [6.45, 7) is 1.60. The highest BCUT2D eigenvalue weighted by Crippen LogP contribution is 2.19. The normalized spacial score (nSPS) is 10.4. The van der Waals surface area contributed by atoms with E-state index in [-0.39, 0.29) is 18.4 Å². The minimum atomic E-state index is -0.318. The van der Waals surface area contributed by atoms with E-state index in [2.05, 4.69) is 20.8 Å². The Labute approximate surface area is 141 Å². The fourth-order valence-electron chi connectivity index (χ4n) is 2.01. The highest BCUT2D eigenvalue weighted by atomic mass is 32.1. The van der Waals surface area contributed by atoms with Gasteiger partial charge in [-0.3, -0.25) is 9.59 Å². The molecule has 7 nitrogen and oxygen atoms in total. The summed E-state index contributed by atoms with van der Waals surface area (Å²) in [5.41, 5.74) is 1.32. The Bertz CT molecular complexity index is 858. The molecule has 122 valence electrons. The number of thiophene rings is 1. The van der Waals surface area contributed by atoms with E-state index in [1.807, 2.05) is 6.07 Å². The summed E-state index contributed by atoms with van der Waals surface area (Å²) in [7, 11) is 0. The van der Waals surface area contributed by atoms with Crippen LogP contribution in [-0.2, 0) is 4.79 Å². The fourth-order valence-corrected chi connectivity index (χ4v) is 2.65. The minimum Gasteiger partial charge on any atom is -0.342 e. The van der Waals surface area contributed by atoms with Gasteiger partial charge in [-0.1, -0.05) is 23.4 Å². The summed E-state index contributed by atoms with van der Waals surface area (Å²) in [6.07, 6.45) is 0. The molecule has 0 bridgehead atoms. The lowest BCUT2D eigenvalue weighted by molar-refractivity contribution is -0.115. The van der Waals surface area contributed by atoms with Crippen LogP contribution >= 0.6 is 11.3 Å². The molecule has 0 atom stereocenters. The monoisotopic (exact) mass is 342 g/mol. The molecule has 1 aromatic carbocycles. The van der Waals surface area contributed by atoms with Crippen molar-refractivity contribution in [1.29, 1.82) is 0 Å². The molecule has 0 saturated carbocycles. The predicted octanol–water partition coefficient (Wildman–Crippen LogP) is 2.48. The molecule has 0 aliphatic heterocycles. The number of carbonyl (C=O) groups is 2. The molecule has 0 aliphatic carbocycles. The third-order valence-corrected chi connectivity index (χ3v) is 3.96. The van der Waals surface area contributed by atoms with Crippen LogP contribution in [0.15, 0.2) is 46.3 Å². The Morgan fingerprint density at radius 2 is 2.12 bits per heavy atom. The molecular formula is C16H14N4O3S. The highest BCUT2D eigenvalue weighted by Gasteiger charge is 2.10. The molecular weight excluding hydrogens is 328 g/mol. The predicted molar refractivity (Wildman–Crippen MR) is 89.8 cm³/mol. The first kappa shape index (κ1) is 15.9. The molecule has 2 amide bonds. The van der Waals surface area contributed by atoms with Crippen LogP contribution in [0.2, 0.25) is 0 Å². The zero-order chi connectivity index (χ0) is 16.9. The zero-order valence-electron chi connectivity index (χ0n) is 12.8. The topological polar surface area (TPSA) is 97.1 Å². The molecule has 24 heavy (non-hydrogen) atoms. The molecule has 0 radical (unpaired) electrons. The van der Waals surface area contributed by atoms with Crippen molar-refractivity contribution in [3.8, 4) is 11.4 Å². The van der Waals surface area contributed by atoms with E-state index in [0.29, 0.717) is 22.3 Å². The number of carbonyl (C=O) groups excluding carboxylic acids is 2. The van der Waals surface area contributed by atoms with E-state index in [4.69, 9.17) is 4.52 Å². The molecule has 3 rings (SSSR count). The summed E-state index contributed by atoms with van der Waals surface area (Å²) in [4.78, 5) is 28.5. The van der Waals surface area contributed by atoms with Gasteiger partial charge < -0.3 is 15.2 Å². The molecule has 3 aromatic rings. The Balaban J connectivity index is 1.59. The van der Waals surface area contributed by atoms with Crippen molar-refractivity contribution in [2.75, 3.05) is 11.9 Å². The number of amides is 2. The maximum atomic E-state index is 12.0. The van der Waals surface area contributed by atoms with Gasteiger partial charge >= 0.3 is 0 Å². The summed E-state index contributed by atoms with van der Waals surface area (Å²) < 4.78 is 4.95. The molecule has 2 N–H and O–H groups in total. The van der Waals surface area contributed by atoms with Crippen molar-refractivity contribution in [2.24, 2.45) is 0 Å². The lowest BCUT2D eigenvalue weighted by Crippen LogP contribution is -2.32. The van der Waals surface area contributed by atoms with Crippen molar-refractivity contribution >= 4 is 28.8 Å². The first-order valence-corrected chi connectivity index (χ1v) is 8.02. The van der Waals surface area contributed by atoms with Gasteiger partial charge in [0.05, 0.1) is 11.4 Å². The third kappa shape index (κ3) is 3.85. The minimum absolute atomic E-state index is 0.109. The van der Waals surface area contributed by atoms with E-state index < -0.39 is 0 Å². The molecule has 0 saturated heterocycles. The van der Waals surface area contributed by atoms with Gasteiger partial charge in [0.2, 0.25) is 17.6 Å². The lowest BCUT2D eigenvalue weighted by Gasteiger charge is -2.07. The SMILES string of the molecule is Cc1nc(-c2cccc(NC(=O)CNC(=O)c3cccs3)c2)no1. The lowest BCUT2D eigenvalue weighted by atomic mass is 10.2. The molecule has 0 unspecified atom stereocenters. The van der Waals surface area contributed by atoms with Crippen molar-refractivity contribution in [2.45, 2.75) is 6.92 Å². The molecule has 2 aromatic heterocycles. The van der Waals surface area contributed by atoms with Crippen LogP contribution in [0.5, 0.6) is 0 Å². The van der Waals surface area contributed by atoms with Crippen LogP contribution in [-0.4, -0.2) is 28.5 Å². The van der Waals surface area contributed by atoms with Gasteiger partial charge in [0, 0.05) is 18.2 Å². The number of anilines is 1. The summed E-state index contributed by atoms with van der Waals surface area (Å²) >= 11 is 1.32. The summed E-state index contributed by atoms with van der Waals surface area (Å²) in [5, 5.41) is 10.9. The largest absolute Gasteiger partial charge is 0.342 e. The number of hydrogen-bond donors (Lipinski definition) is 2. The Morgan fingerprint density at radius 1 is 1.25 bits per heavy atom. The number of nitrogens with one attached hydrogen (secondary N) is 2. The van der Waals surface area contributed by atoms with Gasteiger partial charge in [-0.25, -0.2) is 0 Å². The van der Waals surface area contributed by atoms with E-state index in [1.165, 1.54) is 11.3 Å². The smallest absolute Gasteiger partial charge is 0.261 e. The van der Waals surface area contributed by atoms with Crippen molar-refractivity contribution < 1.29 is 14.1 Å². The van der Waals surface area contributed by atoms with Crippen LogP contribution in [0.25, 0.3) is 11.4 Å². The van der Waals surface area contributed by atoms with Gasteiger partial charge in [-0.05, 0) is 23.6 Å². The quantitative estimate of drug-likeness (QED) is 0.742. The summed E-state index contributed by atoms with van der Waals surface area (Å²) in [6, 6.07) is 10.6. The Kier molecular flexibility index (Phi) is 4.66. The number of rotatable bonds is 5. The first-order chi connectivity index (χ1) is 11.6. The van der Waals surface area contributed by atoms with Crippen molar-refractivity contribution in [3.63, 3.8) is 0 Å². The summed E-state index contributed by atoms with van der Waals surface area (Å²) in [5.74, 6) is 0.336. The van der Waals surface area contributed by atoms with Gasteiger partial charge in [0.15, 0.2) is 0 Å². The Morgan fingerprint density at radius 3 is 2.83 bits per heavy atom. The van der Waals surface area contributed by atoms with Crippen LogP contribution in [0.1, 0.15) is 15.6 Å². The van der Waals surface area contributed by atoms with E-state index in [9.17, 15) is 9.59 Å². The molecule has 2 heterocycles. The second-order valence-electron chi connectivity index (χ2n) is 4.93. The van der Waals surface area contributed by atoms with Crippen LogP contribution < -0.4 is 10.6 Å².